The van der Waals surface area contributed by atoms with E-state index in [4.69, 9.17) is 5.73 Å². The number of hydrogen-bond acceptors (Lipinski definition) is 2. The Morgan fingerprint density at radius 2 is 1.86 bits per heavy atom. The molecule has 0 spiro atoms. The van der Waals surface area contributed by atoms with Crippen molar-refractivity contribution in [1.82, 2.24) is 5.32 Å². The SMILES string of the molecule is NC1CCCCCC1NC(=O)C1CCCc2ccccc21. The molecule has 1 saturated carbocycles. The predicted octanol–water partition coefficient (Wildman–Crippen LogP) is 2.88. The molecule has 1 fully saturated rings. The Morgan fingerprint density at radius 1 is 1.05 bits per heavy atom. The molecule has 3 unspecified atom stereocenters. The van der Waals surface area contributed by atoms with Gasteiger partial charge in [0.1, 0.15) is 0 Å². The smallest absolute Gasteiger partial charge is 0.227 e. The topological polar surface area (TPSA) is 55.1 Å². The largest absolute Gasteiger partial charge is 0.351 e. The Morgan fingerprint density at radius 3 is 2.76 bits per heavy atom. The summed E-state index contributed by atoms with van der Waals surface area (Å²) in [6.07, 6.45) is 8.85. The van der Waals surface area contributed by atoms with Gasteiger partial charge in [0.05, 0.1) is 5.92 Å². The van der Waals surface area contributed by atoms with Crippen LogP contribution >= 0.6 is 0 Å². The first-order valence-corrected chi connectivity index (χ1v) is 8.39. The van der Waals surface area contributed by atoms with Crippen molar-refractivity contribution >= 4 is 5.91 Å². The highest BCUT2D eigenvalue weighted by molar-refractivity contribution is 5.84. The van der Waals surface area contributed by atoms with Crippen LogP contribution in [0, 0.1) is 0 Å². The van der Waals surface area contributed by atoms with Gasteiger partial charge in [0, 0.05) is 12.1 Å². The fraction of sp³-hybridized carbons (Fsp3) is 0.611. The van der Waals surface area contributed by atoms with Crippen LogP contribution < -0.4 is 11.1 Å². The third-order valence-corrected chi connectivity index (χ3v) is 5.08. The Hall–Kier alpha value is -1.35. The van der Waals surface area contributed by atoms with Gasteiger partial charge < -0.3 is 11.1 Å². The summed E-state index contributed by atoms with van der Waals surface area (Å²) in [4.78, 5) is 12.7. The highest BCUT2D eigenvalue weighted by Gasteiger charge is 2.29. The molecule has 1 amide bonds. The third kappa shape index (κ3) is 3.29. The van der Waals surface area contributed by atoms with Gasteiger partial charge in [0.2, 0.25) is 5.91 Å². The summed E-state index contributed by atoms with van der Waals surface area (Å²) < 4.78 is 0. The summed E-state index contributed by atoms with van der Waals surface area (Å²) in [7, 11) is 0. The van der Waals surface area contributed by atoms with E-state index < -0.39 is 0 Å². The molecule has 114 valence electrons. The highest BCUT2D eigenvalue weighted by Crippen LogP contribution is 2.32. The number of amides is 1. The van der Waals surface area contributed by atoms with Crippen LogP contribution in [0.25, 0.3) is 0 Å². The molecule has 0 aliphatic heterocycles. The summed E-state index contributed by atoms with van der Waals surface area (Å²) in [6.45, 7) is 0. The van der Waals surface area contributed by atoms with Gasteiger partial charge in [0.15, 0.2) is 0 Å². The van der Waals surface area contributed by atoms with Crippen LogP contribution in [0.4, 0.5) is 0 Å². The number of rotatable bonds is 2. The van der Waals surface area contributed by atoms with E-state index in [0.717, 1.165) is 32.1 Å². The standard InChI is InChI=1S/C18H26N2O/c19-16-11-2-1-3-12-17(16)20-18(21)15-10-6-8-13-7-4-5-9-14(13)15/h4-5,7,9,15-17H,1-3,6,8,10-12,19H2,(H,20,21). The van der Waals surface area contributed by atoms with Gasteiger partial charge >= 0.3 is 0 Å². The number of nitrogens with one attached hydrogen (secondary N) is 1. The van der Waals surface area contributed by atoms with Crippen molar-refractivity contribution in [3.63, 3.8) is 0 Å². The van der Waals surface area contributed by atoms with E-state index in [9.17, 15) is 4.79 Å². The van der Waals surface area contributed by atoms with Crippen LogP contribution in [0.15, 0.2) is 24.3 Å². The maximum absolute atomic E-state index is 12.7. The Balaban J connectivity index is 1.71. The molecule has 0 heterocycles. The average Bonchev–Trinajstić information content (AvgIpc) is 2.71. The van der Waals surface area contributed by atoms with E-state index in [1.54, 1.807) is 0 Å². The average molecular weight is 286 g/mol. The lowest BCUT2D eigenvalue weighted by molar-refractivity contribution is -0.123. The van der Waals surface area contributed by atoms with Crippen LogP contribution in [-0.4, -0.2) is 18.0 Å². The molecule has 2 aliphatic carbocycles. The summed E-state index contributed by atoms with van der Waals surface area (Å²) >= 11 is 0. The molecule has 0 saturated heterocycles. The van der Waals surface area contributed by atoms with E-state index in [0.29, 0.717) is 0 Å². The first-order valence-electron chi connectivity index (χ1n) is 8.39. The minimum absolute atomic E-state index is 0.0189. The molecular formula is C18H26N2O. The number of hydrogen-bond donors (Lipinski definition) is 2. The minimum atomic E-state index is 0.0189. The lowest BCUT2D eigenvalue weighted by Crippen LogP contribution is -2.48. The molecule has 2 aliphatic rings. The molecule has 0 radical (unpaired) electrons. The summed E-state index contributed by atoms with van der Waals surface area (Å²) in [5, 5.41) is 3.26. The van der Waals surface area contributed by atoms with Crippen LogP contribution in [0.5, 0.6) is 0 Å². The normalized spacial score (nSPS) is 29.3. The van der Waals surface area contributed by atoms with Crippen molar-refractivity contribution in [2.75, 3.05) is 0 Å². The van der Waals surface area contributed by atoms with Gasteiger partial charge in [-0.1, -0.05) is 43.5 Å². The number of carbonyl (C=O) groups excluding carboxylic acids is 1. The first kappa shape index (κ1) is 14.6. The fourth-order valence-corrected chi connectivity index (χ4v) is 3.83. The molecule has 0 aromatic heterocycles. The van der Waals surface area contributed by atoms with Crippen LogP contribution in [0.2, 0.25) is 0 Å². The molecule has 3 N–H and O–H groups in total. The molecule has 3 atom stereocenters. The van der Waals surface area contributed by atoms with E-state index in [-0.39, 0.29) is 23.9 Å². The highest BCUT2D eigenvalue weighted by atomic mass is 16.1. The molecule has 21 heavy (non-hydrogen) atoms. The zero-order chi connectivity index (χ0) is 14.7. The second-order valence-corrected chi connectivity index (χ2v) is 6.56. The number of benzene rings is 1. The van der Waals surface area contributed by atoms with Crippen molar-refractivity contribution in [3.05, 3.63) is 35.4 Å². The van der Waals surface area contributed by atoms with Crippen molar-refractivity contribution in [2.45, 2.75) is 69.4 Å². The van der Waals surface area contributed by atoms with Gasteiger partial charge in [0.25, 0.3) is 0 Å². The molecule has 0 bridgehead atoms. The predicted molar refractivity (Wildman–Crippen MR) is 85.1 cm³/mol. The van der Waals surface area contributed by atoms with Gasteiger partial charge in [-0.3, -0.25) is 4.79 Å². The molecular weight excluding hydrogens is 260 g/mol. The quantitative estimate of drug-likeness (QED) is 0.821. The van der Waals surface area contributed by atoms with Crippen LogP contribution in [0.3, 0.4) is 0 Å². The Bertz CT molecular complexity index is 500. The van der Waals surface area contributed by atoms with Crippen molar-refractivity contribution in [3.8, 4) is 0 Å². The van der Waals surface area contributed by atoms with Crippen molar-refractivity contribution < 1.29 is 4.79 Å². The second kappa shape index (κ2) is 6.61. The fourth-order valence-electron chi connectivity index (χ4n) is 3.83. The first-order chi connectivity index (χ1) is 10.3. The van der Waals surface area contributed by atoms with Crippen molar-refractivity contribution in [1.29, 1.82) is 0 Å². The van der Waals surface area contributed by atoms with E-state index in [1.165, 1.54) is 30.4 Å². The molecule has 1 aromatic rings. The Kier molecular flexibility index (Phi) is 4.59. The van der Waals surface area contributed by atoms with E-state index >= 15 is 0 Å². The zero-order valence-electron chi connectivity index (χ0n) is 12.7. The van der Waals surface area contributed by atoms with Crippen molar-refractivity contribution in [2.24, 2.45) is 5.73 Å². The molecule has 3 rings (SSSR count). The van der Waals surface area contributed by atoms with Gasteiger partial charge in [-0.25, -0.2) is 0 Å². The second-order valence-electron chi connectivity index (χ2n) is 6.56. The Labute approximate surface area is 127 Å². The summed E-state index contributed by atoms with van der Waals surface area (Å²) in [5.74, 6) is 0.204. The van der Waals surface area contributed by atoms with Crippen LogP contribution in [-0.2, 0) is 11.2 Å². The summed E-state index contributed by atoms with van der Waals surface area (Å²) in [5.41, 5.74) is 8.80. The molecule has 3 nitrogen and oxygen atoms in total. The van der Waals surface area contributed by atoms with E-state index in [2.05, 4.69) is 23.5 Å². The molecule has 1 aromatic carbocycles. The number of carbonyl (C=O) groups is 1. The maximum Gasteiger partial charge on any atom is 0.227 e. The minimum Gasteiger partial charge on any atom is -0.351 e. The zero-order valence-corrected chi connectivity index (χ0v) is 12.7. The van der Waals surface area contributed by atoms with Gasteiger partial charge in [-0.2, -0.15) is 0 Å². The number of aryl methyl sites for hydroxylation is 1. The van der Waals surface area contributed by atoms with E-state index in [1.807, 2.05) is 6.07 Å². The van der Waals surface area contributed by atoms with Crippen LogP contribution in [0.1, 0.15) is 62.0 Å². The summed E-state index contributed by atoms with van der Waals surface area (Å²) in [6, 6.07) is 8.67. The lowest BCUT2D eigenvalue weighted by Gasteiger charge is -2.29. The third-order valence-electron chi connectivity index (χ3n) is 5.08. The van der Waals surface area contributed by atoms with Gasteiger partial charge in [-0.15, -0.1) is 0 Å². The number of fused-ring (bicyclic) bond motifs is 1. The maximum atomic E-state index is 12.7. The number of nitrogens with two attached hydrogens (primary N) is 1. The molecule has 3 heteroatoms. The monoisotopic (exact) mass is 286 g/mol. The van der Waals surface area contributed by atoms with Gasteiger partial charge in [-0.05, 0) is 43.2 Å². The lowest BCUT2D eigenvalue weighted by atomic mass is 9.82.